The highest BCUT2D eigenvalue weighted by atomic mass is 79.9. The number of amides is 3. The van der Waals surface area contributed by atoms with Gasteiger partial charge in [-0.2, -0.15) is 0 Å². The van der Waals surface area contributed by atoms with Gasteiger partial charge < -0.3 is 20.7 Å². The topological polar surface area (TPSA) is 79.5 Å². The number of anilines is 1. The van der Waals surface area contributed by atoms with Crippen molar-refractivity contribution in [2.75, 3.05) is 5.32 Å². The number of ether oxygens (including phenoxy) is 1. The number of para-hydroxylation sites is 1. The van der Waals surface area contributed by atoms with Crippen molar-refractivity contribution in [2.45, 2.75) is 19.6 Å². The monoisotopic (exact) mass is 491 g/mol. The Kier molecular flexibility index (Phi) is 6.56. The number of halogens is 1. The average Bonchev–Trinajstić information content (AvgIpc) is 2.79. The van der Waals surface area contributed by atoms with Crippen molar-refractivity contribution < 1.29 is 14.3 Å². The summed E-state index contributed by atoms with van der Waals surface area (Å²) in [5.74, 6) is 0.280. The van der Waals surface area contributed by atoms with Gasteiger partial charge in [-0.05, 0) is 42.8 Å². The molecule has 0 spiro atoms. The lowest BCUT2D eigenvalue weighted by Gasteiger charge is -2.30. The van der Waals surface area contributed by atoms with E-state index in [0.29, 0.717) is 34.9 Å². The fraction of sp³-hybridized carbons (Fsp3) is 0.120. The lowest BCUT2D eigenvalue weighted by Crippen LogP contribution is -2.46. The van der Waals surface area contributed by atoms with Crippen molar-refractivity contribution >= 4 is 33.6 Å². The fourth-order valence-corrected chi connectivity index (χ4v) is 3.94. The van der Waals surface area contributed by atoms with Crippen LogP contribution in [0.1, 0.15) is 24.1 Å². The van der Waals surface area contributed by atoms with E-state index < -0.39 is 6.04 Å². The molecule has 0 unspecified atom stereocenters. The van der Waals surface area contributed by atoms with Gasteiger partial charge in [0, 0.05) is 21.4 Å². The van der Waals surface area contributed by atoms with E-state index in [1.54, 1.807) is 6.92 Å². The van der Waals surface area contributed by atoms with E-state index in [1.165, 1.54) is 0 Å². The van der Waals surface area contributed by atoms with Crippen molar-refractivity contribution in [1.82, 2.24) is 10.6 Å². The van der Waals surface area contributed by atoms with Crippen LogP contribution in [0.2, 0.25) is 0 Å². The molecule has 0 aliphatic carbocycles. The molecular weight excluding hydrogens is 470 g/mol. The second kappa shape index (κ2) is 9.70. The third-order valence-electron chi connectivity index (χ3n) is 5.07. The molecule has 1 aliphatic heterocycles. The lowest BCUT2D eigenvalue weighted by molar-refractivity contribution is -0.113. The van der Waals surface area contributed by atoms with Crippen LogP contribution in [0.4, 0.5) is 10.5 Å². The number of rotatable bonds is 6. The van der Waals surface area contributed by atoms with Gasteiger partial charge in [0.25, 0.3) is 5.91 Å². The van der Waals surface area contributed by atoms with Crippen molar-refractivity contribution in [3.8, 4) is 5.75 Å². The Morgan fingerprint density at radius 2 is 1.72 bits per heavy atom. The van der Waals surface area contributed by atoms with E-state index in [0.717, 1.165) is 10.0 Å². The van der Waals surface area contributed by atoms with E-state index in [4.69, 9.17) is 4.74 Å². The molecular formula is C25H22BrN3O3. The number of carbonyl (C=O) groups excluding carboxylic acids is 2. The Labute approximate surface area is 194 Å². The summed E-state index contributed by atoms with van der Waals surface area (Å²) in [7, 11) is 0. The van der Waals surface area contributed by atoms with Gasteiger partial charge in [-0.1, -0.05) is 64.5 Å². The van der Waals surface area contributed by atoms with Crippen LogP contribution in [0.5, 0.6) is 5.75 Å². The summed E-state index contributed by atoms with van der Waals surface area (Å²) in [5, 5.41) is 8.49. The van der Waals surface area contributed by atoms with Gasteiger partial charge in [-0.3, -0.25) is 4.79 Å². The number of allylic oxidation sites excluding steroid dienone is 1. The van der Waals surface area contributed by atoms with Crippen LogP contribution in [0.3, 0.4) is 0 Å². The summed E-state index contributed by atoms with van der Waals surface area (Å²) in [6.45, 7) is 2.08. The van der Waals surface area contributed by atoms with Crippen LogP contribution in [0, 0.1) is 0 Å². The molecule has 0 saturated carbocycles. The molecule has 1 atom stereocenters. The first-order chi connectivity index (χ1) is 15.5. The van der Waals surface area contributed by atoms with Gasteiger partial charge in [0.2, 0.25) is 0 Å². The summed E-state index contributed by atoms with van der Waals surface area (Å²) in [6, 6.07) is 23.5. The van der Waals surface area contributed by atoms with Crippen LogP contribution in [0.15, 0.2) is 94.6 Å². The Hall–Kier alpha value is -3.58. The van der Waals surface area contributed by atoms with Crippen molar-refractivity contribution in [3.05, 3.63) is 106 Å². The predicted molar refractivity (Wildman–Crippen MR) is 127 cm³/mol. The van der Waals surface area contributed by atoms with Gasteiger partial charge in [-0.25, -0.2) is 4.79 Å². The maximum absolute atomic E-state index is 13.2. The maximum Gasteiger partial charge on any atom is 0.319 e. The number of nitrogens with one attached hydrogen (secondary N) is 3. The lowest BCUT2D eigenvalue weighted by atomic mass is 9.94. The molecule has 0 radical (unpaired) electrons. The fourth-order valence-electron chi connectivity index (χ4n) is 3.56. The number of hydrogen-bond acceptors (Lipinski definition) is 3. The van der Waals surface area contributed by atoms with E-state index in [9.17, 15) is 9.59 Å². The predicted octanol–water partition coefficient (Wildman–Crippen LogP) is 5.29. The van der Waals surface area contributed by atoms with Crippen LogP contribution >= 0.6 is 15.9 Å². The highest BCUT2D eigenvalue weighted by Gasteiger charge is 2.33. The molecule has 0 bridgehead atoms. The van der Waals surface area contributed by atoms with Crippen LogP contribution in [0.25, 0.3) is 0 Å². The molecule has 3 aromatic carbocycles. The molecule has 6 nitrogen and oxygen atoms in total. The van der Waals surface area contributed by atoms with E-state index in [-0.39, 0.29) is 11.9 Å². The quantitative estimate of drug-likeness (QED) is 0.437. The summed E-state index contributed by atoms with van der Waals surface area (Å²) in [5.41, 5.74) is 3.27. The van der Waals surface area contributed by atoms with Crippen molar-refractivity contribution in [1.29, 1.82) is 0 Å². The molecule has 1 aliphatic rings. The number of benzene rings is 3. The first-order valence-electron chi connectivity index (χ1n) is 10.1. The molecule has 0 saturated heterocycles. The standard InChI is InChI=1S/C25H22BrN3O3/c1-16-22(24(30)28-19-10-6-3-7-11-19)23(29-25(31)27-16)20-14-18(26)12-13-21(20)32-15-17-8-4-2-5-9-17/h2-14,23H,15H2,1H3,(H,28,30)(H2,27,29,31)/t23-/m1/s1. The summed E-state index contributed by atoms with van der Waals surface area (Å²) in [4.78, 5) is 25.5. The minimum atomic E-state index is -0.685. The van der Waals surface area contributed by atoms with Crippen LogP contribution < -0.4 is 20.7 Å². The summed E-state index contributed by atoms with van der Waals surface area (Å²) in [6.07, 6.45) is 0. The zero-order valence-electron chi connectivity index (χ0n) is 17.4. The van der Waals surface area contributed by atoms with E-state index in [2.05, 4.69) is 31.9 Å². The first kappa shape index (κ1) is 21.6. The first-order valence-corrected chi connectivity index (χ1v) is 10.9. The Morgan fingerprint density at radius 3 is 2.44 bits per heavy atom. The largest absolute Gasteiger partial charge is 0.489 e. The molecule has 162 valence electrons. The van der Waals surface area contributed by atoms with Gasteiger partial charge in [0.1, 0.15) is 12.4 Å². The molecule has 3 aromatic rings. The van der Waals surface area contributed by atoms with Gasteiger partial charge >= 0.3 is 6.03 Å². The minimum absolute atomic E-state index is 0.305. The maximum atomic E-state index is 13.2. The molecule has 3 amide bonds. The normalized spacial score (nSPS) is 15.6. The average molecular weight is 492 g/mol. The Bertz CT molecular complexity index is 1160. The number of hydrogen-bond donors (Lipinski definition) is 3. The van der Waals surface area contributed by atoms with Gasteiger partial charge in [0.15, 0.2) is 0 Å². The Balaban J connectivity index is 1.68. The van der Waals surface area contributed by atoms with Gasteiger partial charge in [0.05, 0.1) is 11.6 Å². The summed E-state index contributed by atoms with van der Waals surface area (Å²) < 4.78 is 6.91. The van der Waals surface area contributed by atoms with Crippen molar-refractivity contribution in [2.24, 2.45) is 0 Å². The van der Waals surface area contributed by atoms with Gasteiger partial charge in [-0.15, -0.1) is 0 Å². The second-order valence-corrected chi connectivity index (χ2v) is 8.26. The second-order valence-electron chi connectivity index (χ2n) is 7.35. The highest BCUT2D eigenvalue weighted by molar-refractivity contribution is 9.10. The third kappa shape index (κ3) is 5.00. The molecule has 1 heterocycles. The molecule has 7 heteroatoms. The van der Waals surface area contributed by atoms with Crippen LogP contribution in [-0.2, 0) is 11.4 Å². The van der Waals surface area contributed by atoms with E-state index in [1.807, 2.05) is 78.9 Å². The van der Waals surface area contributed by atoms with Crippen LogP contribution in [-0.4, -0.2) is 11.9 Å². The number of urea groups is 1. The minimum Gasteiger partial charge on any atom is -0.489 e. The smallest absolute Gasteiger partial charge is 0.319 e. The highest BCUT2D eigenvalue weighted by Crippen LogP contribution is 2.36. The van der Waals surface area contributed by atoms with E-state index >= 15 is 0 Å². The molecule has 4 rings (SSSR count). The third-order valence-corrected chi connectivity index (χ3v) is 5.56. The molecule has 3 N–H and O–H groups in total. The summed E-state index contributed by atoms with van der Waals surface area (Å²) >= 11 is 3.50. The number of carbonyl (C=O) groups is 2. The molecule has 0 aromatic heterocycles. The molecule has 32 heavy (non-hydrogen) atoms. The van der Waals surface area contributed by atoms with Crippen molar-refractivity contribution in [3.63, 3.8) is 0 Å². The Morgan fingerprint density at radius 1 is 1.03 bits per heavy atom. The SMILES string of the molecule is CC1=C(C(=O)Nc2ccccc2)[C@@H](c2cc(Br)ccc2OCc2ccccc2)NC(=O)N1. The molecule has 0 fully saturated rings. The zero-order chi connectivity index (χ0) is 22.5. The zero-order valence-corrected chi connectivity index (χ0v) is 19.0.